The summed E-state index contributed by atoms with van der Waals surface area (Å²) in [5, 5.41) is 6.76. The highest BCUT2D eigenvalue weighted by Crippen LogP contribution is 2.38. The molecule has 0 unspecified atom stereocenters. The van der Waals surface area contributed by atoms with Crippen LogP contribution in [0.4, 0.5) is 11.6 Å². The zero-order valence-corrected chi connectivity index (χ0v) is 19.4. The molecule has 0 aliphatic carbocycles. The van der Waals surface area contributed by atoms with E-state index in [2.05, 4.69) is 54.0 Å². The number of hydrogen-bond acceptors (Lipinski definition) is 5. The summed E-state index contributed by atoms with van der Waals surface area (Å²) in [6.07, 6.45) is 1.22. The Bertz CT molecular complexity index is 1290. The van der Waals surface area contributed by atoms with E-state index in [1.54, 1.807) is 16.2 Å². The summed E-state index contributed by atoms with van der Waals surface area (Å²) in [6, 6.07) is 16.9. The van der Waals surface area contributed by atoms with Gasteiger partial charge in [0.15, 0.2) is 5.82 Å². The Kier molecular flexibility index (Phi) is 5.39. The maximum Gasteiger partial charge on any atom is 0.233 e. The average molecular weight is 443 g/mol. The molecule has 0 atom stereocenters. The highest BCUT2D eigenvalue weighted by Gasteiger charge is 2.34. The molecule has 32 heavy (non-hydrogen) atoms. The number of rotatable bonds is 6. The Morgan fingerprint density at radius 1 is 1.09 bits per heavy atom. The molecule has 0 saturated carbocycles. The molecule has 3 heterocycles. The number of nitrogens with zero attached hydrogens (tertiary/aromatic N) is 3. The number of aromatic nitrogens is 2. The zero-order valence-electron chi connectivity index (χ0n) is 18.6. The van der Waals surface area contributed by atoms with Gasteiger partial charge in [-0.1, -0.05) is 48.0 Å². The van der Waals surface area contributed by atoms with Crippen molar-refractivity contribution >= 4 is 39.0 Å². The van der Waals surface area contributed by atoms with Crippen molar-refractivity contribution < 1.29 is 4.79 Å². The fourth-order valence-corrected chi connectivity index (χ4v) is 5.16. The van der Waals surface area contributed by atoms with E-state index in [0.29, 0.717) is 12.2 Å². The van der Waals surface area contributed by atoms with Crippen molar-refractivity contribution in [3.63, 3.8) is 0 Å². The van der Waals surface area contributed by atoms with Crippen LogP contribution in [0.25, 0.3) is 21.5 Å². The molecule has 1 aliphatic rings. The lowest BCUT2D eigenvalue weighted by Gasteiger charge is -2.21. The van der Waals surface area contributed by atoms with Crippen molar-refractivity contribution in [3.05, 3.63) is 70.6 Å². The van der Waals surface area contributed by atoms with E-state index < -0.39 is 0 Å². The van der Waals surface area contributed by atoms with Gasteiger partial charge in [0.2, 0.25) is 5.91 Å². The Balaban J connectivity index is 1.52. The maximum absolute atomic E-state index is 12.8. The van der Waals surface area contributed by atoms with Crippen LogP contribution in [0, 0.1) is 6.92 Å². The summed E-state index contributed by atoms with van der Waals surface area (Å²) in [7, 11) is 0. The lowest BCUT2D eigenvalue weighted by atomic mass is 10.1. The van der Waals surface area contributed by atoms with Crippen LogP contribution in [0.2, 0.25) is 0 Å². The average Bonchev–Trinajstić information content (AvgIpc) is 3.35. The topological polar surface area (TPSA) is 58.1 Å². The molecule has 0 fully saturated rings. The molecule has 1 aliphatic heterocycles. The third-order valence-electron chi connectivity index (χ3n) is 5.88. The normalized spacial score (nSPS) is 13.2. The van der Waals surface area contributed by atoms with Gasteiger partial charge in [-0.25, -0.2) is 9.97 Å². The molecular weight excluding hydrogens is 416 g/mol. The number of amides is 1. The largest absolute Gasteiger partial charge is 0.369 e. The van der Waals surface area contributed by atoms with E-state index in [0.717, 1.165) is 41.1 Å². The molecule has 1 N–H and O–H groups in total. The van der Waals surface area contributed by atoms with Crippen LogP contribution >= 0.6 is 11.3 Å². The second-order valence-corrected chi connectivity index (χ2v) is 9.45. The van der Waals surface area contributed by atoms with Crippen LogP contribution in [0.3, 0.4) is 0 Å². The molecule has 4 aromatic rings. The zero-order chi connectivity index (χ0) is 22.2. The predicted molar refractivity (Wildman–Crippen MR) is 133 cm³/mol. The summed E-state index contributed by atoms with van der Waals surface area (Å²) in [5.74, 6) is 2.25. The van der Waals surface area contributed by atoms with Gasteiger partial charge in [0.05, 0.1) is 6.42 Å². The first kappa shape index (κ1) is 20.6. The van der Waals surface area contributed by atoms with E-state index >= 15 is 0 Å². The molecule has 162 valence electrons. The number of nitrogens with one attached hydrogen (secondary N) is 1. The van der Waals surface area contributed by atoms with Crippen molar-refractivity contribution in [1.82, 2.24) is 9.97 Å². The first-order valence-corrected chi connectivity index (χ1v) is 11.9. The number of hydrogen-bond donors (Lipinski definition) is 1. The molecule has 5 rings (SSSR count). The molecule has 1 amide bonds. The fraction of sp³-hybridized carbons (Fsp3) is 0.269. The van der Waals surface area contributed by atoms with Crippen LogP contribution in [0.5, 0.6) is 0 Å². The molecular formula is C26H26N4OS. The lowest BCUT2D eigenvalue weighted by molar-refractivity contribution is -0.117. The van der Waals surface area contributed by atoms with Gasteiger partial charge in [-0.3, -0.25) is 9.69 Å². The van der Waals surface area contributed by atoms with Crippen molar-refractivity contribution in [1.29, 1.82) is 0 Å². The Morgan fingerprint density at radius 3 is 2.66 bits per heavy atom. The van der Waals surface area contributed by atoms with Crippen LogP contribution in [0.15, 0.2) is 53.9 Å². The first-order valence-electron chi connectivity index (χ1n) is 11.0. The number of thiophene rings is 1. The van der Waals surface area contributed by atoms with Gasteiger partial charge in [0.1, 0.15) is 11.6 Å². The standard InChI is InChI=1S/C26H26N4OS/c1-16(2)30-23(31)14-20-24(27-13-12-18-10-8-17(3)9-11-18)28-25(29-26(20)30)21-15-32-22-7-5-4-6-19(21)22/h4-11,15-16H,12-14H2,1-3H3,(H,27,28,29). The summed E-state index contributed by atoms with van der Waals surface area (Å²) in [5.41, 5.74) is 4.45. The predicted octanol–water partition coefficient (Wildman–Crippen LogP) is 5.62. The van der Waals surface area contributed by atoms with E-state index in [1.807, 2.05) is 26.0 Å². The van der Waals surface area contributed by atoms with Gasteiger partial charge in [0, 0.05) is 39.2 Å². The van der Waals surface area contributed by atoms with Crippen LogP contribution in [-0.2, 0) is 17.6 Å². The quantitative estimate of drug-likeness (QED) is 0.421. The van der Waals surface area contributed by atoms with E-state index in [4.69, 9.17) is 9.97 Å². The summed E-state index contributed by atoms with van der Waals surface area (Å²) >= 11 is 1.69. The lowest BCUT2D eigenvalue weighted by Crippen LogP contribution is -2.34. The van der Waals surface area contributed by atoms with Crippen molar-refractivity contribution in [2.75, 3.05) is 16.8 Å². The first-order chi connectivity index (χ1) is 15.5. The van der Waals surface area contributed by atoms with Gasteiger partial charge < -0.3 is 5.32 Å². The minimum Gasteiger partial charge on any atom is -0.369 e. The van der Waals surface area contributed by atoms with Gasteiger partial charge in [-0.05, 0) is 38.8 Å². The molecule has 2 aromatic carbocycles. The Hall–Kier alpha value is -3.25. The van der Waals surface area contributed by atoms with Crippen LogP contribution in [-0.4, -0.2) is 28.5 Å². The minimum atomic E-state index is 0.0473. The van der Waals surface area contributed by atoms with E-state index in [-0.39, 0.29) is 11.9 Å². The third-order valence-corrected chi connectivity index (χ3v) is 6.84. The number of carbonyl (C=O) groups is 1. The highest BCUT2D eigenvalue weighted by molar-refractivity contribution is 7.17. The van der Waals surface area contributed by atoms with Gasteiger partial charge in [-0.2, -0.15) is 0 Å². The van der Waals surface area contributed by atoms with Crippen molar-refractivity contribution in [3.8, 4) is 11.4 Å². The van der Waals surface area contributed by atoms with Crippen molar-refractivity contribution in [2.45, 2.75) is 39.7 Å². The summed E-state index contributed by atoms with van der Waals surface area (Å²) in [6.45, 7) is 6.89. The Morgan fingerprint density at radius 2 is 1.88 bits per heavy atom. The number of carbonyl (C=O) groups excluding carboxylic acids is 1. The number of anilines is 2. The highest BCUT2D eigenvalue weighted by atomic mass is 32.1. The van der Waals surface area contributed by atoms with Crippen LogP contribution in [0.1, 0.15) is 30.5 Å². The number of aryl methyl sites for hydroxylation is 1. The SMILES string of the molecule is Cc1ccc(CCNc2nc(-c3csc4ccccc34)nc3c2CC(=O)N3C(C)C)cc1. The third kappa shape index (κ3) is 3.75. The Labute approximate surface area is 192 Å². The molecule has 5 nitrogen and oxygen atoms in total. The van der Waals surface area contributed by atoms with Crippen molar-refractivity contribution in [2.24, 2.45) is 0 Å². The van der Waals surface area contributed by atoms with E-state index in [1.165, 1.54) is 15.8 Å². The van der Waals surface area contributed by atoms with Gasteiger partial charge in [-0.15, -0.1) is 11.3 Å². The molecule has 0 saturated heterocycles. The summed E-state index contributed by atoms with van der Waals surface area (Å²) in [4.78, 5) is 24.4. The monoisotopic (exact) mass is 442 g/mol. The second kappa shape index (κ2) is 8.36. The minimum absolute atomic E-state index is 0.0473. The maximum atomic E-state index is 12.8. The second-order valence-electron chi connectivity index (χ2n) is 8.54. The summed E-state index contributed by atoms with van der Waals surface area (Å²) < 4.78 is 1.21. The van der Waals surface area contributed by atoms with Crippen LogP contribution < -0.4 is 10.2 Å². The molecule has 0 spiro atoms. The van der Waals surface area contributed by atoms with E-state index in [9.17, 15) is 4.79 Å². The molecule has 0 radical (unpaired) electrons. The molecule has 2 aromatic heterocycles. The molecule has 6 heteroatoms. The number of fused-ring (bicyclic) bond motifs is 2. The van der Waals surface area contributed by atoms with Gasteiger partial charge in [0.25, 0.3) is 0 Å². The van der Waals surface area contributed by atoms with Gasteiger partial charge >= 0.3 is 0 Å². The smallest absolute Gasteiger partial charge is 0.233 e. The fourth-order valence-electron chi connectivity index (χ4n) is 4.22. The molecule has 0 bridgehead atoms. The number of benzene rings is 2.